The van der Waals surface area contributed by atoms with Gasteiger partial charge in [-0.3, -0.25) is 0 Å². The average Bonchev–Trinajstić information content (AvgIpc) is 2.88. The third-order valence-electron chi connectivity index (χ3n) is 3.82. The minimum atomic E-state index is -4.37. The van der Waals surface area contributed by atoms with Gasteiger partial charge in [0.2, 0.25) is 0 Å². The molecule has 0 saturated carbocycles. The zero-order valence-corrected chi connectivity index (χ0v) is 13.6. The Morgan fingerprint density at radius 3 is 2.29 bits per heavy atom. The summed E-state index contributed by atoms with van der Waals surface area (Å²) in [4.78, 5) is 11.4. The molecule has 2 rings (SSSR count). The van der Waals surface area contributed by atoms with Gasteiger partial charge in [0.05, 0.1) is 5.56 Å². The lowest BCUT2D eigenvalue weighted by Crippen LogP contribution is -2.09. The second-order valence-corrected chi connectivity index (χ2v) is 6.29. The van der Waals surface area contributed by atoms with Crippen LogP contribution in [0.5, 0.6) is 0 Å². The summed E-state index contributed by atoms with van der Waals surface area (Å²) in [5, 5.41) is 9.32. The van der Waals surface area contributed by atoms with Crippen LogP contribution in [0.25, 0.3) is 0 Å². The normalized spacial score (nSPS) is 11.9. The number of carboxylic acid groups (broad SMARTS) is 1. The van der Waals surface area contributed by atoms with Crippen molar-refractivity contribution >= 4 is 5.97 Å². The number of carboxylic acids is 1. The zero-order valence-electron chi connectivity index (χ0n) is 13.6. The predicted octanol–water partition coefficient (Wildman–Crippen LogP) is 4.84. The molecular weight excluding hydrogens is 319 g/mol. The van der Waals surface area contributed by atoms with Crippen molar-refractivity contribution in [3.05, 3.63) is 58.9 Å². The van der Waals surface area contributed by atoms with E-state index in [0.717, 1.165) is 30.5 Å². The summed E-state index contributed by atoms with van der Waals surface area (Å²) in [6.07, 6.45) is -0.882. The number of carbonyl (C=O) groups is 1. The minimum Gasteiger partial charge on any atom is -0.477 e. The number of rotatable bonds is 6. The van der Waals surface area contributed by atoms with E-state index < -0.39 is 17.7 Å². The van der Waals surface area contributed by atoms with Crippen LogP contribution in [0.4, 0.5) is 13.2 Å². The molecule has 1 N–H and O–H groups in total. The average molecular weight is 339 g/mol. The Hall–Kier alpha value is -2.24. The number of hydrogen-bond donors (Lipinski definition) is 1. The van der Waals surface area contributed by atoms with E-state index in [2.05, 4.69) is 13.8 Å². The van der Waals surface area contributed by atoms with Crippen molar-refractivity contribution in [3.8, 4) is 0 Å². The van der Waals surface area contributed by atoms with Crippen molar-refractivity contribution in [1.82, 2.24) is 4.57 Å². The van der Waals surface area contributed by atoms with Crippen molar-refractivity contribution in [2.24, 2.45) is 5.92 Å². The molecule has 3 nitrogen and oxygen atoms in total. The van der Waals surface area contributed by atoms with Crippen molar-refractivity contribution in [2.75, 3.05) is 0 Å². The van der Waals surface area contributed by atoms with Gasteiger partial charge in [0.15, 0.2) is 0 Å². The maximum atomic E-state index is 12.6. The number of halogens is 3. The molecule has 24 heavy (non-hydrogen) atoms. The van der Waals surface area contributed by atoms with E-state index in [-0.39, 0.29) is 12.2 Å². The van der Waals surface area contributed by atoms with E-state index in [9.17, 15) is 23.1 Å². The van der Waals surface area contributed by atoms with Gasteiger partial charge < -0.3 is 9.67 Å². The number of aromatic carboxylic acids is 1. The highest BCUT2D eigenvalue weighted by Gasteiger charge is 2.29. The number of alkyl halides is 3. The van der Waals surface area contributed by atoms with Gasteiger partial charge >= 0.3 is 12.1 Å². The molecule has 130 valence electrons. The fraction of sp³-hybridized carbons (Fsp3) is 0.389. The third kappa shape index (κ3) is 4.63. The largest absolute Gasteiger partial charge is 0.477 e. The number of aromatic nitrogens is 1. The Morgan fingerprint density at radius 2 is 1.79 bits per heavy atom. The molecule has 0 spiro atoms. The molecule has 0 unspecified atom stereocenters. The number of benzene rings is 1. The standard InChI is InChI=1S/C18H20F3NO2/c1-12(2)3-4-14-9-16(17(23)24)22(11-14)10-13-5-7-15(8-6-13)18(19,20)21/h5-9,11-12H,3-4,10H2,1-2H3,(H,23,24). The van der Waals surface area contributed by atoms with E-state index in [1.807, 2.05) is 0 Å². The van der Waals surface area contributed by atoms with Gasteiger partial charge in [-0.1, -0.05) is 26.0 Å². The minimum absolute atomic E-state index is 0.147. The van der Waals surface area contributed by atoms with E-state index in [1.54, 1.807) is 16.8 Å². The van der Waals surface area contributed by atoms with Crippen LogP contribution in [0.15, 0.2) is 36.5 Å². The SMILES string of the molecule is CC(C)CCc1cc(C(=O)O)n(Cc2ccc(C(F)(F)F)cc2)c1. The molecule has 1 heterocycles. The van der Waals surface area contributed by atoms with E-state index in [0.29, 0.717) is 11.5 Å². The van der Waals surface area contributed by atoms with E-state index in [1.165, 1.54) is 12.1 Å². The highest BCUT2D eigenvalue weighted by molar-refractivity contribution is 5.86. The fourth-order valence-electron chi connectivity index (χ4n) is 2.47. The molecule has 0 radical (unpaired) electrons. The monoisotopic (exact) mass is 339 g/mol. The van der Waals surface area contributed by atoms with Crippen molar-refractivity contribution in [2.45, 2.75) is 39.4 Å². The van der Waals surface area contributed by atoms with Gasteiger partial charge in [-0.2, -0.15) is 13.2 Å². The summed E-state index contributed by atoms with van der Waals surface area (Å²) in [6.45, 7) is 4.41. The number of hydrogen-bond acceptors (Lipinski definition) is 1. The van der Waals surface area contributed by atoms with Gasteiger partial charge in [0, 0.05) is 12.7 Å². The molecule has 0 amide bonds. The first kappa shape index (κ1) is 18.1. The van der Waals surface area contributed by atoms with Crippen molar-refractivity contribution in [1.29, 1.82) is 0 Å². The lowest BCUT2D eigenvalue weighted by atomic mass is 10.0. The lowest BCUT2D eigenvalue weighted by molar-refractivity contribution is -0.137. The van der Waals surface area contributed by atoms with Gasteiger partial charge in [0.25, 0.3) is 0 Å². The summed E-state index contributed by atoms with van der Waals surface area (Å²) in [7, 11) is 0. The van der Waals surface area contributed by atoms with Crippen LogP contribution in [-0.2, 0) is 19.1 Å². The van der Waals surface area contributed by atoms with Crippen LogP contribution in [-0.4, -0.2) is 15.6 Å². The molecule has 0 atom stereocenters. The van der Waals surface area contributed by atoms with Crippen LogP contribution >= 0.6 is 0 Å². The molecule has 0 aliphatic heterocycles. The third-order valence-corrected chi connectivity index (χ3v) is 3.82. The van der Waals surface area contributed by atoms with Crippen molar-refractivity contribution < 1.29 is 23.1 Å². The molecule has 0 aliphatic rings. The molecule has 0 aliphatic carbocycles. The van der Waals surface area contributed by atoms with Crippen LogP contribution in [0.3, 0.4) is 0 Å². The molecule has 0 bridgehead atoms. The zero-order chi connectivity index (χ0) is 17.9. The highest BCUT2D eigenvalue weighted by Crippen LogP contribution is 2.29. The van der Waals surface area contributed by atoms with Gasteiger partial charge in [0.1, 0.15) is 5.69 Å². The second-order valence-electron chi connectivity index (χ2n) is 6.29. The molecule has 2 aromatic rings. The van der Waals surface area contributed by atoms with Crippen LogP contribution in [0, 0.1) is 5.92 Å². The first-order valence-corrected chi connectivity index (χ1v) is 7.75. The van der Waals surface area contributed by atoms with Crippen LogP contribution < -0.4 is 0 Å². The maximum absolute atomic E-state index is 12.6. The van der Waals surface area contributed by atoms with E-state index in [4.69, 9.17) is 0 Å². The summed E-state index contributed by atoms with van der Waals surface area (Å²) >= 11 is 0. The molecule has 0 saturated heterocycles. The first-order chi connectivity index (χ1) is 11.2. The maximum Gasteiger partial charge on any atom is 0.416 e. The Labute approximate surface area is 138 Å². The van der Waals surface area contributed by atoms with Gasteiger partial charge in [-0.15, -0.1) is 0 Å². The second kappa shape index (κ2) is 7.11. The smallest absolute Gasteiger partial charge is 0.416 e. The van der Waals surface area contributed by atoms with Crippen LogP contribution in [0.2, 0.25) is 0 Å². The lowest BCUT2D eigenvalue weighted by Gasteiger charge is -2.09. The molecule has 6 heteroatoms. The molecule has 0 fully saturated rings. The van der Waals surface area contributed by atoms with E-state index >= 15 is 0 Å². The molecular formula is C18H20F3NO2. The van der Waals surface area contributed by atoms with Crippen molar-refractivity contribution in [3.63, 3.8) is 0 Å². The molecule has 1 aromatic heterocycles. The van der Waals surface area contributed by atoms with Crippen LogP contribution in [0.1, 0.15) is 47.4 Å². The summed E-state index contributed by atoms with van der Waals surface area (Å²) < 4.78 is 39.3. The first-order valence-electron chi connectivity index (χ1n) is 7.75. The Bertz CT molecular complexity index is 700. The summed E-state index contributed by atoms with van der Waals surface area (Å²) in [6, 6.07) is 6.41. The topological polar surface area (TPSA) is 42.2 Å². The fourth-order valence-corrected chi connectivity index (χ4v) is 2.47. The van der Waals surface area contributed by atoms with Gasteiger partial charge in [-0.05, 0) is 48.1 Å². The molecule has 1 aromatic carbocycles. The Balaban J connectivity index is 2.20. The Kier molecular flexibility index (Phi) is 5.36. The number of nitrogens with zero attached hydrogens (tertiary/aromatic N) is 1. The summed E-state index contributed by atoms with van der Waals surface area (Å²) in [5.74, 6) is -0.533. The van der Waals surface area contributed by atoms with Gasteiger partial charge in [-0.25, -0.2) is 4.79 Å². The highest BCUT2D eigenvalue weighted by atomic mass is 19.4. The summed E-state index contributed by atoms with van der Waals surface area (Å²) in [5.41, 5.74) is 0.980. The quantitative estimate of drug-likeness (QED) is 0.818. The Morgan fingerprint density at radius 1 is 1.17 bits per heavy atom. The number of aryl methyl sites for hydroxylation is 1. The predicted molar refractivity (Wildman–Crippen MR) is 85.1 cm³/mol.